The van der Waals surface area contributed by atoms with Crippen LogP contribution in [-0.2, 0) is 10.0 Å². The van der Waals surface area contributed by atoms with Crippen molar-refractivity contribution in [1.29, 1.82) is 0 Å². The molecule has 1 N–H and O–H groups in total. The van der Waals surface area contributed by atoms with E-state index in [4.69, 9.17) is 4.42 Å². The molecule has 0 unspecified atom stereocenters. The van der Waals surface area contributed by atoms with Gasteiger partial charge >= 0.3 is 0 Å². The van der Waals surface area contributed by atoms with E-state index in [1.165, 1.54) is 24.3 Å². The lowest BCUT2D eigenvalue weighted by Gasteiger charge is -2.28. The maximum atomic E-state index is 13.1. The predicted octanol–water partition coefficient (Wildman–Crippen LogP) is 4.59. The van der Waals surface area contributed by atoms with E-state index < -0.39 is 15.8 Å². The lowest BCUT2D eigenvalue weighted by Crippen LogP contribution is -2.35. The number of anilines is 1. The fourth-order valence-electron chi connectivity index (χ4n) is 3.33. The van der Waals surface area contributed by atoms with Gasteiger partial charge in [-0.3, -0.25) is 9.52 Å². The third-order valence-electron chi connectivity index (χ3n) is 5.05. The molecule has 0 spiro atoms. The van der Waals surface area contributed by atoms with Crippen LogP contribution in [0.5, 0.6) is 0 Å². The van der Waals surface area contributed by atoms with Gasteiger partial charge < -0.3 is 9.32 Å². The van der Waals surface area contributed by atoms with Gasteiger partial charge in [-0.05, 0) is 80.4 Å². The summed E-state index contributed by atoms with van der Waals surface area (Å²) in [6.07, 6.45) is 3.49. The van der Waals surface area contributed by atoms with Gasteiger partial charge in [-0.2, -0.15) is 0 Å². The molecule has 6 nitrogen and oxygen atoms in total. The van der Waals surface area contributed by atoms with Crippen molar-refractivity contribution in [3.8, 4) is 0 Å². The topological polar surface area (TPSA) is 79.6 Å². The Hall–Kier alpha value is -3.13. The van der Waals surface area contributed by atoms with Crippen molar-refractivity contribution in [3.63, 3.8) is 0 Å². The number of rotatable bonds is 7. The van der Waals surface area contributed by atoms with Crippen molar-refractivity contribution >= 4 is 21.6 Å². The van der Waals surface area contributed by atoms with Crippen LogP contribution in [0.25, 0.3) is 0 Å². The number of nitrogens with zero attached hydrogens (tertiary/aromatic N) is 1. The number of carbonyl (C=O) groups is 1. The molecule has 1 atom stereocenters. The molecule has 156 valence electrons. The highest BCUT2D eigenvalue weighted by atomic mass is 32.2. The van der Waals surface area contributed by atoms with Crippen LogP contribution in [0, 0.1) is 5.82 Å². The second-order valence-electron chi connectivity index (χ2n) is 7.27. The number of furan rings is 1. The Kier molecular flexibility index (Phi) is 5.34. The molecule has 0 aliphatic heterocycles. The first-order chi connectivity index (χ1) is 14.3. The summed E-state index contributed by atoms with van der Waals surface area (Å²) in [5.41, 5.74) is 0.776. The number of carbonyl (C=O) groups excluding carboxylic acids is 1. The molecule has 0 radical (unpaired) electrons. The SMILES string of the molecule is C[C@@H](c1ccco1)N(C(=O)c1ccc(NS(=O)(=O)c2ccc(F)cc2)cc1)C1CC1. The van der Waals surface area contributed by atoms with Gasteiger partial charge in [-0.15, -0.1) is 0 Å². The second-order valence-corrected chi connectivity index (χ2v) is 8.95. The summed E-state index contributed by atoms with van der Waals surface area (Å²) in [6, 6.07) is 14.4. The molecule has 1 aliphatic carbocycles. The standard InChI is InChI=1S/C22H21FN2O4S/c1-15(21-3-2-14-29-21)25(19-10-11-19)22(26)16-4-8-18(9-5-16)24-30(27,28)20-12-6-17(23)7-13-20/h2-9,12-15,19,24H,10-11H2,1H3/t15-/m0/s1. The van der Waals surface area contributed by atoms with Gasteiger partial charge in [-0.25, -0.2) is 12.8 Å². The van der Waals surface area contributed by atoms with Crippen molar-refractivity contribution in [2.45, 2.75) is 36.7 Å². The molecule has 1 saturated carbocycles. The number of sulfonamides is 1. The zero-order valence-corrected chi connectivity index (χ0v) is 17.1. The molecule has 1 heterocycles. The van der Waals surface area contributed by atoms with E-state index >= 15 is 0 Å². The predicted molar refractivity (Wildman–Crippen MR) is 110 cm³/mol. The van der Waals surface area contributed by atoms with Crippen LogP contribution in [0.15, 0.2) is 76.2 Å². The maximum absolute atomic E-state index is 13.1. The summed E-state index contributed by atoms with van der Waals surface area (Å²) in [5.74, 6) is 0.0779. The molecule has 2 aromatic carbocycles. The number of hydrogen-bond acceptors (Lipinski definition) is 4. The van der Waals surface area contributed by atoms with Crippen molar-refractivity contribution in [1.82, 2.24) is 4.90 Å². The van der Waals surface area contributed by atoms with Gasteiger partial charge in [0.1, 0.15) is 11.6 Å². The molecule has 1 fully saturated rings. The number of amides is 1. The number of halogens is 1. The fraction of sp³-hybridized carbons (Fsp3) is 0.227. The summed E-state index contributed by atoms with van der Waals surface area (Å²) in [7, 11) is -3.85. The average Bonchev–Trinajstić information content (AvgIpc) is 3.39. The average molecular weight is 428 g/mol. The molecule has 3 aromatic rings. The van der Waals surface area contributed by atoms with Crippen LogP contribution in [0.4, 0.5) is 10.1 Å². The highest BCUT2D eigenvalue weighted by Gasteiger charge is 2.37. The summed E-state index contributed by atoms with van der Waals surface area (Å²) in [5, 5.41) is 0. The molecule has 30 heavy (non-hydrogen) atoms. The monoisotopic (exact) mass is 428 g/mol. The van der Waals surface area contributed by atoms with Gasteiger partial charge in [0.15, 0.2) is 0 Å². The van der Waals surface area contributed by atoms with Gasteiger partial charge in [0.05, 0.1) is 17.2 Å². The van der Waals surface area contributed by atoms with E-state index in [2.05, 4.69) is 4.72 Å². The molecular weight excluding hydrogens is 407 g/mol. The van der Waals surface area contributed by atoms with Gasteiger partial charge in [-0.1, -0.05) is 0 Å². The molecular formula is C22H21FN2O4S. The quantitative estimate of drug-likeness (QED) is 0.597. The van der Waals surface area contributed by atoms with Crippen LogP contribution in [-0.4, -0.2) is 25.3 Å². The highest BCUT2D eigenvalue weighted by Crippen LogP contribution is 2.36. The van der Waals surface area contributed by atoms with Gasteiger partial charge in [0, 0.05) is 17.3 Å². The smallest absolute Gasteiger partial charge is 0.261 e. The molecule has 0 saturated heterocycles. The van der Waals surface area contributed by atoms with Crippen molar-refractivity contribution < 1.29 is 22.0 Å². The summed E-state index contributed by atoms with van der Waals surface area (Å²) < 4.78 is 45.8. The third-order valence-corrected chi connectivity index (χ3v) is 6.45. The summed E-state index contributed by atoms with van der Waals surface area (Å²) in [6.45, 7) is 1.93. The van der Waals surface area contributed by atoms with Crippen LogP contribution < -0.4 is 4.72 Å². The zero-order valence-electron chi connectivity index (χ0n) is 16.3. The van der Waals surface area contributed by atoms with E-state index in [0.29, 0.717) is 11.3 Å². The van der Waals surface area contributed by atoms with Gasteiger partial charge in [0.25, 0.3) is 15.9 Å². The third kappa shape index (κ3) is 4.23. The number of nitrogens with one attached hydrogen (secondary N) is 1. The number of hydrogen-bond donors (Lipinski definition) is 1. The maximum Gasteiger partial charge on any atom is 0.261 e. The van der Waals surface area contributed by atoms with Gasteiger partial charge in [0.2, 0.25) is 0 Å². The first kappa shape index (κ1) is 20.2. The minimum atomic E-state index is -3.85. The molecule has 1 amide bonds. The van der Waals surface area contributed by atoms with E-state index in [1.807, 2.05) is 17.9 Å². The molecule has 0 bridgehead atoms. The second kappa shape index (κ2) is 7.95. The highest BCUT2D eigenvalue weighted by molar-refractivity contribution is 7.92. The summed E-state index contributed by atoms with van der Waals surface area (Å²) in [4.78, 5) is 14.9. The van der Waals surface area contributed by atoms with Crippen molar-refractivity contribution in [2.24, 2.45) is 0 Å². The fourth-order valence-corrected chi connectivity index (χ4v) is 4.39. The van der Waals surface area contributed by atoms with Crippen LogP contribution >= 0.6 is 0 Å². The first-order valence-electron chi connectivity index (χ1n) is 9.60. The normalized spacial score (nSPS) is 14.9. The molecule has 4 rings (SSSR count). The first-order valence-corrected chi connectivity index (χ1v) is 11.1. The van der Waals surface area contributed by atoms with Crippen molar-refractivity contribution in [3.05, 3.63) is 84.1 Å². The molecule has 8 heteroatoms. The van der Waals surface area contributed by atoms with Crippen LogP contribution in [0.3, 0.4) is 0 Å². The lowest BCUT2D eigenvalue weighted by molar-refractivity contribution is 0.0652. The van der Waals surface area contributed by atoms with E-state index in [1.54, 1.807) is 24.5 Å². The Morgan fingerprint density at radius 3 is 2.33 bits per heavy atom. The Labute approximate surface area is 174 Å². The van der Waals surface area contributed by atoms with E-state index in [0.717, 1.165) is 30.7 Å². The summed E-state index contributed by atoms with van der Waals surface area (Å²) >= 11 is 0. The largest absolute Gasteiger partial charge is 0.467 e. The van der Waals surface area contributed by atoms with Crippen LogP contribution in [0.2, 0.25) is 0 Å². The number of benzene rings is 2. The Morgan fingerprint density at radius 2 is 1.77 bits per heavy atom. The Bertz CT molecular complexity index is 1120. The Morgan fingerprint density at radius 1 is 1.10 bits per heavy atom. The molecule has 1 aromatic heterocycles. The minimum absolute atomic E-state index is 0.0452. The van der Waals surface area contributed by atoms with Crippen LogP contribution in [0.1, 0.15) is 41.9 Å². The minimum Gasteiger partial charge on any atom is -0.467 e. The zero-order chi connectivity index (χ0) is 21.3. The molecule has 1 aliphatic rings. The van der Waals surface area contributed by atoms with E-state index in [9.17, 15) is 17.6 Å². The van der Waals surface area contributed by atoms with Crippen molar-refractivity contribution in [2.75, 3.05) is 4.72 Å². The lowest BCUT2D eigenvalue weighted by atomic mass is 10.1. The Balaban J connectivity index is 1.51. The van der Waals surface area contributed by atoms with E-state index in [-0.39, 0.29) is 22.9 Å².